The molecule has 0 aliphatic rings. The number of rotatable bonds is 4. The number of esters is 2. The topological polar surface area (TPSA) is 52.6 Å². The first-order valence-corrected chi connectivity index (χ1v) is 8.19. The summed E-state index contributed by atoms with van der Waals surface area (Å²) in [6.07, 6.45) is 0. The standard InChI is InChI=1S/C22H18O4/c1-15-7-11-17(12-8-15)25-21(23)19-5-3-4-6-20(19)22(24)26-18-13-9-16(2)10-14-18/h3-14H,1-2H3. The smallest absolute Gasteiger partial charge is 0.344 e. The van der Waals surface area contributed by atoms with Gasteiger partial charge in [0, 0.05) is 0 Å². The molecular weight excluding hydrogens is 328 g/mol. The molecule has 0 saturated heterocycles. The lowest BCUT2D eigenvalue weighted by molar-refractivity contribution is 0.0692. The van der Waals surface area contributed by atoms with E-state index in [1.54, 1.807) is 48.5 Å². The predicted molar refractivity (Wildman–Crippen MR) is 98.7 cm³/mol. The van der Waals surface area contributed by atoms with Gasteiger partial charge in [0.25, 0.3) is 0 Å². The predicted octanol–water partition coefficient (Wildman–Crippen LogP) is 4.74. The van der Waals surface area contributed by atoms with E-state index >= 15 is 0 Å². The minimum Gasteiger partial charge on any atom is -0.423 e. The van der Waals surface area contributed by atoms with Crippen molar-refractivity contribution in [1.82, 2.24) is 0 Å². The summed E-state index contributed by atoms with van der Waals surface area (Å²) in [5, 5.41) is 0. The van der Waals surface area contributed by atoms with Gasteiger partial charge >= 0.3 is 11.9 Å². The van der Waals surface area contributed by atoms with Crippen LogP contribution in [0.25, 0.3) is 0 Å². The van der Waals surface area contributed by atoms with Crippen molar-refractivity contribution >= 4 is 11.9 Å². The Hall–Kier alpha value is -3.40. The van der Waals surface area contributed by atoms with Crippen molar-refractivity contribution in [3.05, 3.63) is 95.1 Å². The van der Waals surface area contributed by atoms with Gasteiger partial charge in [0.1, 0.15) is 11.5 Å². The molecule has 3 aromatic carbocycles. The molecular formula is C22H18O4. The molecule has 130 valence electrons. The molecule has 3 rings (SSSR count). The Morgan fingerprint density at radius 1 is 0.577 bits per heavy atom. The molecule has 26 heavy (non-hydrogen) atoms. The Labute approximate surface area is 152 Å². The highest BCUT2D eigenvalue weighted by molar-refractivity contribution is 6.04. The molecule has 0 amide bonds. The van der Waals surface area contributed by atoms with Crippen molar-refractivity contribution in [2.45, 2.75) is 13.8 Å². The van der Waals surface area contributed by atoms with Crippen LogP contribution in [0.4, 0.5) is 0 Å². The fraction of sp³-hybridized carbons (Fsp3) is 0.0909. The molecule has 0 aliphatic carbocycles. The monoisotopic (exact) mass is 346 g/mol. The lowest BCUT2D eigenvalue weighted by atomic mass is 10.1. The number of hydrogen-bond donors (Lipinski definition) is 0. The van der Waals surface area contributed by atoms with Gasteiger partial charge in [-0.3, -0.25) is 0 Å². The lowest BCUT2D eigenvalue weighted by Gasteiger charge is -2.10. The van der Waals surface area contributed by atoms with Crippen LogP contribution in [0.15, 0.2) is 72.8 Å². The van der Waals surface area contributed by atoms with Crippen molar-refractivity contribution in [1.29, 1.82) is 0 Å². The number of carbonyl (C=O) groups is 2. The maximum Gasteiger partial charge on any atom is 0.344 e. The number of aryl methyl sites for hydroxylation is 2. The normalized spacial score (nSPS) is 10.2. The van der Waals surface area contributed by atoms with Gasteiger partial charge in [-0.25, -0.2) is 9.59 Å². The highest BCUT2D eigenvalue weighted by Crippen LogP contribution is 2.19. The summed E-state index contributed by atoms with van der Waals surface area (Å²) < 4.78 is 10.7. The van der Waals surface area contributed by atoms with Gasteiger partial charge < -0.3 is 9.47 Å². The third-order valence-corrected chi connectivity index (χ3v) is 3.83. The van der Waals surface area contributed by atoms with Gasteiger partial charge in [0.2, 0.25) is 0 Å². The summed E-state index contributed by atoms with van der Waals surface area (Å²) in [7, 11) is 0. The Bertz CT molecular complexity index is 847. The minimum atomic E-state index is -0.606. The maximum atomic E-state index is 12.5. The second kappa shape index (κ2) is 7.66. The highest BCUT2D eigenvalue weighted by Gasteiger charge is 2.20. The molecule has 0 atom stereocenters. The van der Waals surface area contributed by atoms with E-state index in [9.17, 15) is 9.59 Å². The fourth-order valence-corrected chi connectivity index (χ4v) is 2.38. The largest absolute Gasteiger partial charge is 0.423 e. The van der Waals surface area contributed by atoms with Crippen LogP contribution in [-0.2, 0) is 0 Å². The molecule has 0 aromatic heterocycles. The minimum absolute atomic E-state index is 0.158. The van der Waals surface area contributed by atoms with Crippen LogP contribution in [-0.4, -0.2) is 11.9 Å². The summed E-state index contributed by atoms with van der Waals surface area (Å²) in [5.41, 5.74) is 2.44. The summed E-state index contributed by atoms with van der Waals surface area (Å²) in [6.45, 7) is 3.89. The second-order valence-electron chi connectivity index (χ2n) is 5.95. The Kier molecular flexibility index (Phi) is 5.13. The average molecular weight is 346 g/mol. The van der Waals surface area contributed by atoms with Crippen LogP contribution < -0.4 is 9.47 Å². The van der Waals surface area contributed by atoms with E-state index in [1.807, 2.05) is 38.1 Å². The van der Waals surface area contributed by atoms with Gasteiger partial charge in [-0.2, -0.15) is 0 Å². The first kappa shape index (κ1) is 17.4. The molecule has 0 bridgehead atoms. The first-order valence-electron chi connectivity index (χ1n) is 8.19. The molecule has 0 fully saturated rings. The van der Waals surface area contributed by atoms with Crippen LogP contribution in [0.3, 0.4) is 0 Å². The maximum absolute atomic E-state index is 12.5. The zero-order valence-electron chi connectivity index (χ0n) is 14.6. The summed E-state index contributed by atoms with van der Waals surface area (Å²) in [4.78, 5) is 25.0. The molecule has 0 unspecified atom stereocenters. The average Bonchev–Trinajstić information content (AvgIpc) is 2.65. The van der Waals surface area contributed by atoms with Crippen LogP contribution in [0.1, 0.15) is 31.8 Å². The lowest BCUT2D eigenvalue weighted by Crippen LogP contribution is -2.17. The van der Waals surface area contributed by atoms with E-state index in [-0.39, 0.29) is 11.1 Å². The fourth-order valence-electron chi connectivity index (χ4n) is 2.38. The van der Waals surface area contributed by atoms with Gasteiger partial charge in [0.05, 0.1) is 11.1 Å². The molecule has 0 aliphatic heterocycles. The molecule has 0 saturated carbocycles. The SMILES string of the molecule is Cc1ccc(OC(=O)c2ccccc2C(=O)Oc2ccc(C)cc2)cc1. The highest BCUT2D eigenvalue weighted by atomic mass is 16.5. The van der Waals surface area contributed by atoms with E-state index in [4.69, 9.17) is 9.47 Å². The number of ether oxygens (including phenoxy) is 2. The Morgan fingerprint density at radius 2 is 0.923 bits per heavy atom. The van der Waals surface area contributed by atoms with Crippen LogP contribution >= 0.6 is 0 Å². The number of hydrogen-bond acceptors (Lipinski definition) is 4. The Morgan fingerprint density at radius 3 is 1.27 bits per heavy atom. The van der Waals surface area contributed by atoms with Gasteiger partial charge in [-0.15, -0.1) is 0 Å². The molecule has 4 nitrogen and oxygen atoms in total. The molecule has 4 heteroatoms. The van der Waals surface area contributed by atoms with Gasteiger partial charge in [-0.1, -0.05) is 47.5 Å². The van der Waals surface area contributed by atoms with Crippen molar-refractivity contribution in [2.75, 3.05) is 0 Å². The van der Waals surface area contributed by atoms with Crippen LogP contribution in [0.5, 0.6) is 11.5 Å². The van der Waals surface area contributed by atoms with Crippen molar-refractivity contribution in [3.63, 3.8) is 0 Å². The zero-order valence-corrected chi connectivity index (χ0v) is 14.6. The third-order valence-electron chi connectivity index (χ3n) is 3.83. The molecule has 3 aromatic rings. The third kappa shape index (κ3) is 4.16. The Balaban J connectivity index is 1.80. The zero-order chi connectivity index (χ0) is 18.5. The first-order chi connectivity index (χ1) is 12.5. The number of benzene rings is 3. The van der Waals surface area contributed by atoms with Crippen LogP contribution in [0, 0.1) is 13.8 Å². The summed E-state index contributed by atoms with van der Waals surface area (Å²) in [6, 6.07) is 20.7. The van der Waals surface area contributed by atoms with Crippen molar-refractivity contribution in [3.8, 4) is 11.5 Å². The molecule has 0 N–H and O–H groups in total. The van der Waals surface area contributed by atoms with Crippen LogP contribution in [0.2, 0.25) is 0 Å². The number of carbonyl (C=O) groups excluding carboxylic acids is 2. The van der Waals surface area contributed by atoms with E-state index in [1.165, 1.54) is 0 Å². The second-order valence-corrected chi connectivity index (χ2v) is 5.95. The summed E-state index contributed by atoms with van der Waals surface area (Å²) >= 11 is 0. The van der Waals surface area contributed by atoms with E-state index < -0.39 is 11.9 Å². The quantitative estimate of drug-likeness (QED) is 0.506. The molecule has 0 spiro atoms. The summed E-state index contributed by atoms with van der Waals surface area (Å²) in [5.74, 6) is -0.375. The van der Waals surface area contributed by atoms with Crippen molar-refractivity contribution < 1.29 is 19.1 Å². The molecule has 0 radical (unpaired) electrons. The van der Waals surface area contributed by atoms with E-state index in [0.29, 0.717) is 11.5 Å². The van der Waals surface area contributed by atoms with Gasteiger partial charge in [0.15, 0.2) is 0 Å². The van der Waals surface area contributed by atoms with Gasteiger partial charge in [-0.05, 0) is 50.2 Å². The van der Waals surface area contributed by atoms with E-state index in [0.717, 1.165) is 11.1 Å². The van der Waals surface area contributed by atoms with E-state index in [2.05, 4.69) is 0 Å². The van der Waals surface area contributed by atoms with Crippen molar-refractivity contribution in [2.24, 2.45) is 0 Å². The molecule has 0 heterocycles.